The van der Waals surface area contributed by atoms with E-state index >= 15 is 0 Å². The Morgan fingerprint density at radius 3 is 2.30 bits per heavy atom. The molecule has 0 atom stereocenters. The fourth-order valence-corrected chi connectivity index (χ4v) is 3.79. The molecular weight excluding hydrogens is 419 g/mol. The molecule has 0 aliphatic heterocycles. The maximum atomic E-state index is 12.8. The minimum atomic E-state index is -4.45. The van der Waals surface area contributed by atoms with Crippen LogP contribution in [0, 0.1) is 5.92 Å². The molecule has 1 saturated carbocycles. The van der Waals surface area contributed by atoms with Crippen LogP contribution in [0.25, 0.3) is 0 Å². The van der Waals surface area contributed by atoms with E-state index in [0.29, 0.717) is 18.2 Å². The van der Waals surface area contributed by atoms with Crippen molar-refractivity contribution < 1.29 is 26.4 Å². The zero-order chi connectivity index (χ0) is 21.9. The third kappa shape index (κ3) is 5.11. The van der Waals surface area contributed by atoms with Crippen molar-refractivity contribution in [3.05, 3.63) is 53.6 Å². The quantitative estimate of drug-likeness (QED) is 0.609. The summed E-state index contributed by atoms with van der Waals surface area (Å²) in [6.07, 6.45) is -1.26. The molecule has 3 N–H and O–H groups in total. The number of sulfonamides is 1. The average Bonchev–Trinajstić information content (AvgIpc) is 2.66. The second kappa shape index (κ2) is 8.65. The van der Waals surface area contributed by atoms with Crippen LogP contribution in [-0.4, -0.2) is 27.9 Å². The highest BCUT2D eigenvalue weighted by Crippen LogP contribution is 2.31. The molecule has 0 spiro atoms. The fourth-order valence-electron chi connectivity index (χ4n) is 3.03. The van der Waals surface area contributed by atoms with E-state index in [9.17, 15) is 26.4 Å². The standard InChI is InChI=1S/C20H22F3N3O3S/c1-24-30(28,29)16-9-10-18(17(11-16)19(27)25-12-13-3-2-4-13)26-15-7-5-14(6-8-15)20(21,22)23/h5-11,13,24,26H,2-4,12H2,1H3,(H,25,27). The first-order valence-corrected chi connectivity index (χ1v) is 10.9. The highest BCUT2D eigenvalue weighted by Gasteiger charge is 2.30. The molecule has 1 amide bonds. The number of amides is 1. The minimum absolute atomic E-state index is 0.0863. The van der Waals surface area contributed by atoms with Gasteiger partial charge in [-0.3, -0.25) is 4.79 Å². The van der Waals surface area contributed by atoms with Gasteiger partial charge in [0.1, 0.15) is 0 Å². The first kappa shape index (κ1) is 22.1. The van der Waals surface area contributed by atoms with Gasteiger partial charge in [0.25, 0.3) is 5.91 Å². The molecule has 30 heavy (non-hydrogen) atoms. The molecule has 0 heterocycles. The monoisotopic (exact) mass is 441 g/mol. The van der Waals surface area contributed by atoms with E-state index in [0.717, 1.165) is 31.4 Å². The van der Waals surface area contributed by atoms with Gasteiger partial charge in [-0.2, -0.15) is 13.2 Å². The van der Waals surface area contributed by atoms with E-state index in [1.807, 2.05) is 0 Å². The van der Waals surface area contributed by atoms with Crippen molar-refractivity contribution in [2.75, 3.05) is 18.9 Å². The highest BCUT2D eigenvalue weighted by atomic mass is 32.2. The van der Waals surface area contributed by atoms with Crippen LogP contribution in [0.4, 0.5) is 24.5 Å². The van der Waals surface area contributed by atoms with Gasteiger partial charge in [0, 0.05) is 12.2 Å². The van der Waals surface area contributed by atoms with Gasteiger partial charge >= 0.3 is 6.18 Å². The number of halogens is 3. The number of hydrogen-bond donors (Lipinski definition) is 3. The maximum Gasteiger partial charge on any atom is 0.416 e. The predicted octanol–water partition coefficient (Wildman–Crippen LogP) is 3.89. The molecule has 10 heteroatoms. The SMILES string of the molecule is CNS(=O)(=O)c1ccc(Nc2ccc(C(F)(F)F)cc2)c(C(=O)NCC2CCC2)c1. The number of carbonyl (C=O) groups is 1. The molecule has 0 aromatic heterocycles. The Morgan fingerprint density at radius 2 is 1.77 bits per heavy atom. The van der Waals surface area contributed by atoms with E-state index < -0.39 is 27.7 Å². The molecule has 0 radical (unpaired) electrons. The summed E-state index contributed by atoms with van der Waals surface area (Å²) in [6.45, 7) is 0.488. The molecule has 1 aliphatic carbocycles. The van der Waals surface area contributed by atoms with Gasteiger partial charge in [0.15, 0.2) is 0 Å². The second-order valence-electron chi connectivity index (χ2n) is 7.12. The normalized spacial score (nSPS) is 14.8. The van der Waals surface area contributed by atoms with Crippen LogP contribution in [0.3, 0.4) is 0 Å². The van der Waals surface area contributed by atoms with Gasteiger partial charge in [-0.15, -0.1) is 0 Å². The lowest BCUT2D eigenvalue weighted by atomic mass is 9.85. The number of alkyl halides is 3. The average molecular weight is 441 g/mol. The molecule has 0 unspecified atom stereocenters. The lowest BCUT2D eigenvalue weighted by molar-refractivity contribution is -0.137. The zero-order valence-electron chi connectivity index (χ0n) is 16.2. The van der Waals surface area contributed by atoms with Crippen LogP contribution in [0.5, 0.6) is 0 Å². The van der Waals surface area contributed by atoms with Crippen molar-refractivity contribution in [1.82, 2.24) is 10.0 Å². The van der Waals surface area contributed by atoms with Crippen LogP contribution < -0.4 is 15.4 Å². The topological polar surface area (TPSA) is 87.3 Å². The van der Waals surface area contributed by atoms with E-state index in [4.69, 9.17) is 0 Å². The van der Waals surface area contributed by atoms with Crippen molar-refractivity contribution in [3.63, 3.8) is 0 Å². The number of nitrogens with one attached hydrogen (secondary N) is 3. The number of anilines is 2. The van der Waals surface area contributed by atoms with Crippen molar-refractivity contribution in [2.45, 2.75) is 30.3 Å². The Labute approximate surface area is 172 Å². The Hall–Kier alpha value is -2.59. The Morgan fingerprint density at radius 1 is 1.10 bits per heavy atom. The summed E-state index contributed by atoms with van der Waals surface area (Å²) in [6, 6.07) is 8.33. The molecule has 3 rings (SSSR count). The van der Waals surface area contributed by atoms with Gasteiger partial charge in [0.05, 0.1) is 21.7 Å². The van der Waals surface area contributed by atoms with Crippen molar-refractivity contribution in [2.24, 2.45) is 5.92 Å². The summed E-state index contributed by atoms with van der Waals surface area (Å²) in [5.41, 5.74) is -0.0799. The largest absolute Gasteiger partial charge is 0.416 e. The Bertz CT molecular complexity index is 1020. The van der Waals surface area contributed by atoms with Crippen LogP contribution in [0.2, 0.25) is 0 Å². The van der Waals surface area contributed by atoms with Gasteiger partial charge < -0.3 is 10.6 Å². The van der Waals surface area contributed by atoms with Crippen molar-refractivity contribution >= 4 is 27.3 Å². The molecule has 6 nitrogen and oxygen atoms in total. The molecule has 1 aliphatic rings. The molecule has 0 bridgehead atoms. The lowest BCUT2D eigenvalue weighted by Crippen LogP contribution is -2.32. The summed E-state index contributed by atoms with van der Waals surface area (Å²) in [5.74, 6) is -0.0473. The minimum Gasteiger partial charge on any atom is -0.355 e. The molecule has 0 saturated heterocycles. The van der Waals surface area contributed by atoms with E-state index in [1.165, 1.54) is 37.4 Å². The number of hydrogen-bond acceptors (Lipinski definition) is 4. The first-order valence-electron chi connectivity index (χ1n) is 9.40. The Kier molecular flexibility index (Phi) is 6.37. The summed E-state index contributed by atoms with van der Waals surface area (Å²) in [5, 5.41) is 5.71. The lowest BCUT2D eigenvalue weighted by Gasteiger charge is -2.25. The third-order valence-electron chi connectivity index (χ3n) is 5.08. The van der Waals surface area contributed by atoms with Crippen LogP contribution in [-0.2, 0) is 16.2 Å². The van der Waals surface area contributed by atoms with E-state index in [2.05, 4.69) is 15.4 Å². The molecular formula is C20H22F3N3O3S. The number of rotatable bonds is 7. The second-order valence-corrected chi connectivity index (χ2v) is 9.01. The summed E-state index contributed by atoms with van der Waals surface area (Å²) < 4.78 is 64.7. The highest BCUT2D eigenvalue weighted by molar-refractivity contribution is 7.89. The summed E-state index contributed by atoms with van der Waals surface area (Å²) >= 11 is 0. The summed E-state index contributed by atoms with van der Waals surface area (Å²) in [4.78, 5) is 12.7. The van der Waals surface area contributed by atoms with Gasteiger partial charge in [0.2, 0.25) is 10.0 Å². The molecule has 1 fully saturated rings. The first-order chi connectivity index (χ1) is 14.1. The van der Waals surface area contributed by atoms with E-state index in [1.54, 1.807) is 0 Å². The summed E-state index contributed by atoms with van der Waals surface area (Å²) in [7, 11) is -2.51. The van der Waals surface area contributed by atoms with Crippen LogP contribution >= 0.6 is 0 Å². The van der Waals surface area contributed by atoms with Crippen LogP contribution in [0.1, 0.15) is 35.2 Å². The molecule has 2 aromatic carbocycles. The third-order valence-corrected chi connectivity index (χ3v) is 6.49. The van der Waals surface area contributed by atoms with Crippen molar-refractivity contribution in [1.29, 1.82) is 0 Å². The predicted molar refractivity (Wildman–Crippen MR) is 107 cm³/mol. The zero-order valence-corrected chi connectivity index (χ0v) is 17.0. The van der Waals surface area contributed by atoms with Crippen molar-refractivity contribution in [3.8, 4) is 0 Å². The van der Waals surface area contributed by atoms with Gasteiger partial charge in [-0.1, -0.05) is 6.42 Å². The Balaban J connectivity index is 1.88. The number of carbonyl (C=O) groups excluding carboxylic acids is 1. The fraction of sp³-hybridized carbons (Fsp3) is 0.350. The number of benzene rings is 2. The van der Waals surface area contributed by atoms with Gasteiger partial charge in [-0.25, -0.2) is 13.1 Å². The molecule has 162 valence electrons. The molecule has 2 aromatic rings. The van der Waals surface area contributed by atoms with Crippen LogP contribution in [0.15, 0.2) is 47.4 Å². The maximum absolute atomic E-state index is 12.8. The van der Waals surface area contributed by atoms with Gasteiger partial charge in [-0.05, 0) is 68.3 Å². The smallest absolute Gasteiger partial charge is 0.355 e. The van der Waals surface area contributed by atoms with E-state index in [-0.39, 0.29) is 16.1 Å².